The molecule has 1 aromatic heterocycles. The third-order valence-electron chi connectivity index (χ3n) is 5.87. The Bertz CT molecular complexity index is 1120. The van der Waals surface area contributed by atoms with Gasteiger partial charge >= 0.3 is 0 Å². The first-order chi connectivity index (χ1) is 16.7. The minimum atomic E-state index is -0.333. The molecule has 0 aliphatic rings. The molecule has 3 aromatic rings. The molecule has 0 spiro atoms. The minimum Gasteiger partial charge on any atom is -0.486 e. The van der Waals surface area contributed by atoms with Crippen molar-refractivity contribution in [2.45, 2.75) is 84.4 Å². The molecule has 0 aliphatic carbocycles. The molecule has 0 saturated carbocycles. The van der Waals surface area contributed by atoms with Crippen molar-refractivity contribution in [2.24, 2.45) is 5.92 Å². The van der Waals surface area contributed by atoms with Crippen molar-refractivity contribution < 1.29 is 9.53 Å². The van der Waals surface area contributed by atoms with Crippen molar-refractivity contribution in [1.82, 2.24) is 14.8 Å². The molecular formula is C28H38N4O2S. The molecule has 1 heterocycles. The number of rotatable bonds is 11. The quantitative estimate of drug-likeness (QED) is 0.303. The molecule has 188 valence electrons. The fourth-order valence-corrected chi connectivity index (χ4v) is 4.69. The van der Waals surface area contributed by atoms with Crippen LogP contribution in [0.5, 0.6) is 5.75 Å². The van der Waals surface area contributed by atoms with E-state index in [-0.39, 0.29) is 11.2 Å². The van der Waals surface area contributed by atoms with Gasteiger partial charge in [0.25, 0.3) is 0 Å². The van der Waals surface area contributed by atoms with Gasteiger partial charge in [-0.1, -0.05) is 76.7 Å². The Morgan fingerprint density at radius 2 is 1.77 bits per heavy atom. The number of thioether (sulfide) groups is 1. The van der Waals surface area contributed by atoms with Gasteiger partial charge < -0.3 is 14.6 Å². The smallest absolute Gasteiger partial charge is 0.237 e. The number of ether oxygens (including phenoxy) is 1. The molecule has 0 radical (unpaired) electrons. The van der Waals surface area contributed by atoms with Crippen molar-refractivity contribution >= 4 is 23.4 Å². The lowest BCUT2D eigenvalue weighted by atomic mass is 9.98. The number of nitrogens with zero attached hydrogens (tertiary/aromatic N) is 3. The Morgan fingerprint density at radius 3 is 2.40 bits per heavy atom. The van der Waals surface area contributed by atoms with E-state index in [1.165, 1.54) is 17.3 Å². The number of amides is 1. The highest BCUT2D eigenvalue weighted by Gasteiger charge is 2.22. The lowest BCUT2D eigenvalue weighted by Crippen LogP contribution is -2.24. The molecule has 1 amide bonds. The topological polar surface area (TPSA) is 69.0 Å². The maximum atomic E-state index is 13.1. The maximum Gasteiger partial charge on any atom is 0.237 e. The van der Waals surface area contributed by atoms with E-state index in [0.717, 1.165) is 46.5 Å². The maximum absolute atomic E-state index is 13.1. The summed E-state index contributed by atoms with van der Waals surface area (Å²) in [6.07, 6.45) is 0.998. The van der Waals surface area contributed by atoms with Crippen LogP contribution in [0.15, 0.2) is 47.6 Å². The van der Waals surface area contributed by atoms with Gasteiger partial charge in [0.1, 0.15) is 12.4 Å². The number of aryl methyl sites for hydroxylation is 2. The van der Waals surface area contributed by atoms with Crippen LogP contribution in [0.3, 0.4) is 0 Å². The molecule has 0 bridgehead atoms. The first-order valence-corrected chi connectivity index (χ1v) is 13.3. The summed E-state index contributed by atoms with van der Waals surface area (Å²) in [7, 11) is 0. The highest BCUT2D eigenvalue weighted by Crippen LogP contribution is 2.30. The van der Waals surface area contributed by atoms with Crippen LogP contribution >= 0.6 is 11.8 Å². The summed E-state index contributed by atoms with van der Waals surface area (Å²) in [6, 6.07) is 14.3. The number of carbonyl (C=O) groups is 1. The van der Waals surface area contributed by atoms with Crippen LogP contribution in [-0.2, 0) is 24.4 Å². The van der Waals surface area contributed by atoms with Gasteiger partial charge in [0.15, 0.2) is 11.0 Å². The molecule has 3 rings (SSSR count). The molecule has 6 nitrogen and oxygen atoms in total. The minimum absolute atomic E-state index is 0.0425. The van der Waals surface area contributed by atoms with Gasteiger partial charge in [-0.25, -0.2) is 0 Å². The number of benzene rings is 2. The predicted molar refractivity (Wildman–Crippen MR) is 144 cm³/mol. The third-order valence-corrected chi connectivity index (χ3v) is 6.95. The SMILES string of the molecule is CCc1ccc(OCc2nnc(SC(C)C(=O)Nc3c(C)cccc3C(C)C)n2CC(C)C)cc1. The largest absolute Gasteiger partial charge is 0.486 e. The van der Waals surface area contributed by atoms with E-state index >= 15 is 0 Å². The van der Waals surface area contributed by atoms with Crippen LogP contribution in [0, 0.1) is 12.8 Å². The molecule has 0 saturated heterocycles. The number of para-hydroxylation sites is 1. The monoisotopic (exact) mass is 494 g/mol. The summed E-state index contributed by atoms with van der Waals surface area (Å²) in [5, 5.41) is 12.4. The van der Waals surface area contributed by atoms with E-state index in [1.807, 2.05) is 38.1 Å². The normalized spacial score (nSPS) is 12.3. The Morgan fingerprint density at radius 1 is 1.06 bits per heavy atom. The molecule has 7 heteroatoms. The summed E-state index contributed by atoms with van der Waals surface area (Å²) in [4.78, 5) is 13.1. The van der Waals surface area contributed by atoms with Gasteiger partial charge in [-0.2, -0.15) is 0 Å². The van der Waals surface area contributed by atoms with Gasteiger partial charge in [0, 0.05) is 12.2 Å². The van der Waals surface area contributed by atoms with Gasteiger partial charge in [0.05, 0.1) is 5.25 Å². The van der Waals surface area contributed by atoms with Gasteiger partial charge in [-0.05, 0) is 60.9 Å². The third kappa shape index (κ3) is 7.10. The zero-order chi connectivity index (χ0) is 25.5. The van der Waals surface area contributed by atoms with Crippen LogP contribution in [0.25, 0.3) is 0 Å². The Labute approximate surface area is 213 Å². The summed E-state index contributed by atoms with van der Waals surface area (Å²) in [5.74, 6) is 2.25. The van der Waals surface area contributed by atoms with Crippen molar-refractivity contribution in [3.63, 3.8) is 0 Å². The van der Waals surface area contributed by atoms with Crippen LogP contribution in [0.2, 0.25) is 0 Å². The Hall–Kier alpha value is -2.80. The lowest BCUT2D eigenvalue weighted by molar-refractivity contribution is -0.115. The number of hydrogen-bond donors (Lipinski definition) is 1. The number of anilines is 1. The fraction of sp³-hybridized carbons (Fsp3) is 0.464. The first-order valence-electron chi connectivity index (χ1n) is 12.4. The second-order valence-corrected chi connectivity index (χ2v) is 10.9. The number of nitrogens with one attached hydrogen (secondary N) is 1. The van der Waals surface area contributed by atoms with Gasteiger partial charge in [-0.15, -0.1) is 10.2 Å². The molecule has 0 fully saturated rings. The van der Waals surface area contributed by atoms with Crippen LogP contribution < -0.4 is 10.1 Å². The molecule has 1 unspecified atom stereocenters. The van der Waals surface area contributed by atoms with Crippen LogP contribution in [-0.4, -0.2) is 25.9 Å². The second-order valence-electron chi connectivity index (χ2n) is 9.63. The van der Waals surface area contributed by atoms with Crippen molar-refractivity contribution in [1.29, 1.82) is 0 Å². The predicted octanol–water partition coefficient (Wildman–Crippen LogP) is 6.63. The molecular weight excluding hydrogens is 456 g/mol. The fourth-order valence-electron chi connectivity index (χ4n) is 3.81. The van der Waals surface area contributed by atoms with E-state index < -0.39 is 0 Å². The number of aromatic nitrogens is 3. The number of carbonyl (C=O) groups excluding carboxylic acids is 1. The summed E-state index contributed by atoms with van der Waals surface area (Å²) in [5.41, 5.74) is 4.39. The first kappa shape index (κ1) is 26.8. The average Bonchev–Trinajstić information content (AvgIpc) is 3.19. The van der Waals surface area contributed by atoms with Crippen LogP contribution in [0.1, 0.15) is 70.0 Å². The highest BCUT2D eigenvalue weighted by molar-refractivity contribution is 8.00. The molecule has 2 aromatic carbocycles. The summed E-state index contributed by atoms with van der Waals surface area (Å²) < 4.78 is 8.07. The van der Waals surface area contributed by atoms with E-state index in [4.69, 9.17) is 4.74 Å². The van der Waals surface area contributed by atoms with E-state index in [9.17, 15) is 4.79 Å². The van der Waals surface area contributed by atoms with Crippen molar-refractivity contribution in [3.8, 4) is 5.75 Å². The van der Waals surface area contributed by atoms with Crippen molar-refractivity contribution in [2.75, 3.05) is 5.32 Å². The van der Waals surface area contributed by atoms with E-state index in [1.54, 1.807) is 0 Å². The summed E-state index contributed by atoms with van der Waals surface area (Å²) >= 11 is 1.43. The molecule has 1 atom stereocenters. The summed E-state index contributed by atoms with van der Waals surface area (Å²) in [6.45, 7) is 15.7. The van der Waals surface area contributed by atoms with Gasteiger partial charge in [-0.3, -0.25) is 4.79 Å². The zero-order valence-corrected chi connectivity index (χ0v) is 22.8. The molecule has 1 N–H and O–H groups in total. The van der Waals surface area contributed by atoms with Crippen LogP contribution in [0.4, 0.5) is 5.69 Å². The zero-order valence-electron chi connectivity index (χ0n) is 22.0. The molecule has 35 heavy (non-hydrogen) atoms. The van der Waals surface area contributed by atoms with Crippen molar-refractivity contribution in [3.05, 3.63) is 65.0 Å². The second kappa shape index (κ2) is 12.2. The van der Waals surface area contributed by atoms with E-state index in [2.05, 4.69) is 72.9 Å². The Kier molecular flexibility index (Phi) is 9.38. The van der Waals surface area contributed by atoms with Gasteiger partial charge in [0.2, 0.25) is 5.91 Å². The lowest BCUT2D eigenvalue weighted by Gasteiger charge is -2.19. The van der Waals surface area contributed by atoms with E-state index in [0.29, 0.717) is 18.4 Å². The number of hydrogen-bond acceptors (Lipinski definition) is 5. The Balaban J connectivity index is 1.73. The highest BCUT2D eigenvalue weighted by atomic mass is 32.2. The average molecular weight is 495 g/mol. The molecule has 0 aliphatic heterocycles. The standard InChI is InChI=1S/C28H38N4O2S/c1-8-22-12-14-23(15-13-22)34-17-25-30-31-28(32(25)16-18(2)3)35-21(7)27(33)29-26-20(6)10-9-11-24(26)19(4)5/h9-15,18-19,21H,8,16-17H2,1-7H3,(H,29,33).